The monoisotopic (exact) mass is 425 g/mol. The Morgan fingerprint density at radius 2 is 1.61 bits per heavy atom. The van der Waals surface area contributed by atoms with Crippen LogP contribution in [0.5, 0.6) is 0 Å². The molecule has 7 heteroatoms. The number of aliphatic hydroxyl groups is 1. The zero-order valence-corrected chi connectivity index (χ0v) is 17.2. The van der Waals surface area contributed by atoms with E-state index in [0.717, 1.165) is 5.56 Å². The van der Waals surface area contributed by atoms with Crippen molar-refractivity contribution < 1.29 is 29.0 Å². The molecule has 6 nitrogen and oxygen atoms in total. The van der Waals surface area contributed by atoms with Gasteiger partial charge in [0.2, 0.25) is 0 Å². The number of likely N-dealkylation sites (tertiary alicyclic amines) is 1. The highest BCUT2D eigenvalue weighted by Gasteiger charge is 2.45. The smallest absolute Gasteiger partial charge is 0.303 e. The topological polar surface area (TPSA) is 94.9 Å². The average molecular weight is 425 g/mol. The number of hydrogen-bond donors (Lipinski definition) is 2. The molecule has 1 saturated heterocycles. The predicted octanol–water partition coefficient (Wildman–Crippen LogP) is 4.20. The quantitative estimate of drug-likeness (QED) is 0.286. The lowest BCUT2D eigenvalue weighted by molar-refractivity contribution is -0.140. The van der Waals surface area contributed by atoms with Crippen LogP contribution in [-0.2, 0) is 14.4 Å². The first-order valence-corrected chi connectivity index (χ1v) is 10.1. The highest BCUT2D eigenvalue weighted by atomic mass is 19.1. The molecule has 162 valence electrons. The summed E-state index contributed by atoms with van der Waals surface area (Å²) in [6, 6.07) is 11.6. The minimum atomic E-state index is -0.884. The molecule has 1 amide bonds. The van der Waals surface area contributed by atoms with Gasteiger partial charge in [-0.05, 0) is 37.5 Å². The number of aliphatic carboxylic acids is 1. The maximum atomic E-state index is 13.5. The average Bonchev–Trinajstić information content (AvgIpc) is 2.99. The molecule has 2 aromatic carbocycles. The summed E-state index contributed by atoms with van der Waals surface area (Å²) < 4.78 is 13.5. The maximum absolute atomic E-state index is 13.5. The number of Topliss-reactive ketones (excluding diaryl/α,β-unsaturated/α-hetero) is 1. The van der Waals surface area contributed by atoms with Crippen LogP contribution in [0.4, 0.5) is 4.39 Å². The molecule has 0 radical (unpaired) electrons. The Labute approximate surface area is 179 Å². The molecule has 1 aliphatic heterocycles. The summed E-state index contributed by atoms with van der Waals surface area (Å²) in [5.74, 6) is -3.14. The Bertz CT molecular complexity index is 1010. The molecule has 0 aliphatic carbocycles. The number of rotatable bonds is 8. The molecular weight excluding hydrogens is 401 g/mol. The molecule has 0 aromatic heterocycles. The molecule has 2 aromatic rings. The first-order valence-electron chi connectivity index (χ1n) is 10.1. The molecule has 0 saturated carbocycles. The number of carbonyl (C=O) groups excluding carboxylic acids is 2. The minimum absolute atomic E-state index is 0.0353. The predicted molar refractivity (Wildman–Crippen MR) is 113 cm³/mol. The van der Waals surface area contributed by atoms with Gasteiger partial charge in [0.15, 0.2) is 0 Å². The van der Waals surface area contributed by atoms with Gasteiger partial charge in [0.25, 0.3) is 11.7 Å². The number of unbranched alkanes of at least 4 members (excludes halogenated alkanes) is 2. The van der Waals surface area contributed by atoms with Crippen LogP contribution in [0.25, 0.3) is 5.76 Å². The third-order valence-electron chi connectivity index (χ3n) is 5.34. The number of hydrogen-bond acceptors (Lipinski definition) is 4. The maximum Gasteiger partial charge on any atom is 0.303 e. The summed E-state index contributed by atoms with van der Waals surface area (Å²) in [7, 11) is 0. The van der Waals surface area contributed by atoms with Gasteiger partial charge in [-0.1, -0.05) is 48.4 Å². The molecule has 31 heavy (non-hydrogen) atoms. The Morgan fingerprint density at radius 1 is 0.968 bits per heavy atom. The van der Waals surface area contributed by atoms with Crippen LogP contribution in [0.1, 0.15) is 48.4 Å². The number of carbonyl (C=O) groups is 3. The molecule has 1 heterocycles. The van der Waals surface area contributed by atoms with E-state index in [2.05, 4.69) is 0 Å². The van der Waals surface area contributed by atoms with Crippen molar-refractivity contribution in [3.8, 4) is 0 Å². The van der Waals surface area contributed by atoms with Gasteiger partial charge in [0, 0.05) is 18.5 Å². The first-order chi connectivity index (χ1) is 14.8. The van der Waals surface area contributed by atoms with E-state index in [-0.39, 0.29) is 24.3 Å². The molecule has 1 unspecified atom stereocenters. The van der Waals surface area contributed by atoms with Crippen LogP contribution in [0, 0.1) is 12.7 Å². The molecular formula is C24H24FNO5. The van der Waals surface area contributed by atoms with Gasteiger partial charge in [-0.15, -0.1) is 0 Å². The van der Waals surface area contributed by atoms with Gasteiger partial charge in [-0.25, -0.2) is 4.39 Å². The number of carboxylic acids is 1. The van der Waals surface area contributed by atoms with Crippen LogP contribution in [0.3, 0.4) is 0 Å². The third kappa shape index (κ3) is 4.99. The van der Waals surface area contributed by atoms with Gasteiger partial charge < -0.3 is 15.1 Å². The van der Waals surface area contributed by atoms with E-state index in [9.17, 15) is 23.9 Å². The van der Waals surface area contributed by atoms with Crippen molar-refractivity contribution in [2.75, 3.05) is 6.54 Å². The number of halogens is 1. The van der Waals surface area contributed by atoms with E-state index < -0.39 is 29.5 Å². The van der Waals surface area contributed by atoms with E-state index in [1.54, 1.807) is 24.3 Å². The van der Waals surface area contributed by atoms with Crippen molar-refractivity contribution in [2.24, 2.45) is 0 Å². The van der Waals surface area contributed by atoms with E-state index in [4.69, 9.17) is 5.11 Å². The highest BCUT2D eigenvalue weighted by molar-refractivity contribution is 6.46. The lowest BCUT2D eigenvalue weighted by Gasteiger charge is -2.25. The highest BCUT2D eigenvalue weighted by Crippen LogP contribution is 2.39. The summed E-state index contributed by atoms with van der Waals surface area (Å²) in [6.07, 6.45) is 1.57. The Balaban J connectivity index is 1.96. The fourth-order valence-corrected chi connectivity index (χ4v) is 3.70. The van der Waals surface area contributed by atoms with Crippen molar-refractivity contribution in [3.63, 3.8) is 0 Å². The minimum Gasteiger partial charge on any atom is -0.507 e. The zero-order chi connectivity index (χ0) is 22.5. The van der Waals surface area contributed by atoms with E-state index in [1.165, 1.54) is 29.2 Å². The van der Waals surface area contributed by atoms with Crippen molar-refractivity contribution in [1.29, 1.82) is 0 Å². The Kier molecular flexibility index (Phi) is 6.84. The van der Waals surface area contributed by atoms with Gasteiger partial charge >= 0.3 is 5.97 Å². The molecule has 1 aliphatic rings. The standard InChI is InChI=1S/C24H24FNO5/c1-15-6-8-17(9-7-15)22(29)20-21(16-10-12-18(25)13-11-16)26(24(31)23(20)30)14-4-2-3-5-19(27)28/h6-13,21,29H,2-5,14H2,1H3,(H,27,28)/b22-20+. The number of aryl methyl sites for hydroxylation is 1. The Morgan fingerprint density at radius 3 is 2.23 bits per heavy atom. The van der Waals surface area contributed by atoms with Crippen LogP contribution in [-0.4, -0.2) is 39.3 Å². The summed E-state index contributed by atoms with van der Waals surface area (Å²) in [6.45, 7) is 2.11. The number of nitrogens with zero attached hydrogens (tertiary/aromatic N) is 1. The van der Waals surface area contributed by atoms with Crippen molar-refractivity contribution in [3.05, 3.63) is 76.6 Å². The van der Waals surface area contributed by atoms with E-state index in [1.807, 2.05) is 6.92 Å². The van der Waals surface area contributed by atoms with Crippen molar-refractivity contribution >= 4 is 23.4 Å². The van der Waals surface area contributed by atoms with Gasteiger partial charge in [0.1, 0.15) is 11.6 Å². The summed E-state index contributed by atoms with van der Waals surface area (Å²) in [4.78, 5) is 37.7. The van der Waals surface area contributed by atoms with Crippen LogP contribution in [0.2, 0.25) is 0 Å². The van der Waals surface area contributed by atoms with E-state index >= 15 is 0 Å². The zero-order valence-electron chi connectivity index (χ0n) is 17.2. The lowest BCUT2D eigenvalue weighted by atomic mass is 9.95. The number of benzene rings is 2. The molecule has 3 rings (SSSR count). The second-order valence-electron chi connectivity index (χ2n) is 7.61. The lowest BCUT2D eigenvalue weighted by Crippen LogP contribution is -2.30. The third-order valence-corrected chi connectivity index (χ3v) is 5.34. The van der Waals surface area contributed by atoms with Gasteiger partial charge in [-0.3, -0.25) is 14.4 Å². The number of carboxylic acid groups (broad SMARTS) is 1. The van der Waals surface area contributed by atoms with Crippen LogP contribution < -0.4 is 0 Å². The fourth-order valence-electron chi connectivity index (χ4n) is 3.70. The van der Waals surface area contributed by atoms with Gasteiger partial charge in [-0.2, -0.15) is 0 Å². The first kappa shape index (κ1) is 22.2. The molecule has 0 bridgehead atoms. The fraction of sp³-hybridized carbons (Fsp3) is 0.292. The molecule has 0 spiro atoms. The molecule has 1 atom stereocenters. The Hall–Kier alpha value is -3.48. The number of aliphatic hydroxyl groups excluding tert-OH is 1. The largest absolute Gasteiger partial charge is 0.507 e. The van der Waals surface area contributed by atoms with Crippen LogP contribution >= 0.6 is 0 Å². The van der Waals surface area contributed by atoms with E-state index in [0.29, 0.717) is 30.4 Å². The van der Waals surface area contributed by atoms with Crippen LogP contribution in [0.15, 0.2) is 54.1 Å². The number of amides is 1. The molecule has 1 fully saturated rings. The normalized spacial score (nSPS) is 17.9. The summed E-state index contributed by atoms with van der Waals surface area (Å²) >= 11 is 0. The summed E-state index contributed by atoms with van der Waals surface area (Å²) in [5.41, 5.74) is 1.87. The van der Waals surface area contributed by atoms with Gasteiger partial charge in [0.05, 0.1) is 11.6 Å². The van der Waals surface area contributed by atoms with Crippen molar-refractivity contribution in [2.45, 2.75) is 38.6 Å². The summed E-state index contributed by atoms with van der Waals surface area (Å²) in [5, 5.41) is 19.7. The molecule has 2 N–H and O–H groups in total. The SMILES string of the molecule is Cc1ccc(/C(O)=C2\C(=O)C(=O)N(CCCCCC(=O)O)C2c2ccc(F)cc2)cc1. The number of ketones is 1. The second-order valence-corrected chi connectivity index (χ2v) is 7.61. The van der Waals surface area contributed by atoms with Crippen molar-refractivity contribution in [1.82, 2.24) is 4.90 Å². The second kappa shape index (κ2) is 9.55.